The molecule has 0 radical (unpaired) electrons. The van der Waals surface area contributed by atoms with Crippen molar-refractivity contribution in [2.45, 2.75) is 18.7 Å². The zero-order chi connectivity index (χ0) is 12.1. The fourth-order valence-electron chi connectivity index (χ4n) is 1.32. The quantitative estimate of drug-likeness (QED) is 0.709. The van der Waals surface area contributed by atoms with Crippen molar-refractivity contribution in [3.8, 4) is 0 Å². The molecule has 16 heavy (non-hydrogen) atoms. The second-order valence-electron chi connectivity index (χ2n) is 3.10. The lowest BCUT2D eigenvalue weighted by atomic mass is 10.3. The number of carbonyl (C=O) groups is 1. The van der Waals surface area contributed by atoms with Crippen molar-refractivity contribution in [1.29, 1.82) is 0 Å². The van der Waals surface area contributed by atoms with Gasteiger partial charge in [-0.2, -0.15) is 0 Å². The minimum Gasteiger partial charge on any atom is -0.396 e. The Bertz CT molecular complexity index is 376. The molecule has 1 amide bonds. The molecule has 0 aliphatic heterocycles. The summed E-state index contributed by atoms with van der Waals surface area (Å²) in [4.78, 5) is 13.3. The Balaban J connectivity index is 3.06. The van der Waals surface area contributed by atoms with Crippen molar-refractivity contribution < 1.29 is 4.79 Å². The van der Waals surface area contributed by atoms with Gasteiger partial charge in [0.05, 0.1) is 10.6 Å². The predicted molar refractivity (Wildman–Crippen MR) is 72.7 cm³/mol. The number of anilines is 2. The van der Waals surface area contributed by atoms with Crippen molar-refractivity contribution in [3.63, 3.8) is 0 Å². The van der Waals surface area contributed by atoms with Gasteiger partial charge in [0.15, 0.2) is 0 Å². The maximum Gasteiger partial charge on any atom is 0.263 e. The van der Waals surface area contributed by atoms with Crippen LogP contribution in [0.5, 0.6) is 0 Å². The first-order valence-corrected chi connectivity index (χ1v) is 7.18. The summed E-state index contributed by atoms with van der Waals surface area (Å²) in [6.07, 6.45) is 1.96. The summed E-state index contributed by atoms with van der Waals surface area (Å²) < 4.78 is 0. The van der Waals surface area contributed by atoms with Crippen molar-refractivity contribution in [2.24, 2.45) is 0 Å². The van der Waals surface area contributed by atoms with Crippen molar-refractivity contribution in [2.75, 3.05) is 30.4 Å². The molecule has 1 rings (SSSR count). The van der Waals surface area contributed by atoms with Gasteiger partial charge in [-0.3, -0.25) is 4.79 Å². The third kappa shape index (κ3) is 2.62. The molecular formula is C10H17N3OS2. The molecule has 0 unspecified atom stereocenters. The van der Waals surface area contributed by atoms with Crippen LogP contribution in [0.15, 0.2) is 4.90 Å². The molecule has 1 aromatic rings. The monoisotopic (exact) mass is 259 g/mol. The minimum absolute atomic E-state index is 0.0931. The topological polar surface area (TPSA) is 67.2 Å². The molecule has 90 valence electrons. The largest absolute Gasteiger partial charge is 0.396 e. The number of nitrogens with one attached hydrogen (secondary N) is 2. The van der Waals surface area contributed by atoms with Crippen molar-refractivity contribution in [3.05, 3.63) is 4.88 Å². The number of thioether (sulfide) groups is 1. The lowest BCUT2D eigenvalue weighted by molar-refractivity contribution is 0.0960. The van der Waals surface area contributed by atoms with Gasteiger partial charge in [0.1, 0.15) is 9.88 Å². The second-order valence-corrected chi connectivity index (χ2v) is 4.93. The molecule has 6 heteroatoms. The van der Waals surface area contributed by atoms with Gasteiger partial charge in [-0.1, -0.05) is 0 Å². The third-order valence-electron chi connectivity index (χ3n) is 1.98. The average Bonchev–Trinajstić information content (AvgIpc) is 2.56. The van der Waals surface area contributed by atoms with Crippen LogP contribution in [0.2, 0.25) is 0 Å². The summed E-state index contributed by atoms with van der Waals surface area (Å²) in [5.41, 5.74) is 6.55. The number of hydrogen-bond donors (Lipinski definition) is 3. The van der Waals surface area contributed by atoms with Gasteiger partial charge in [-0.25, -0.2) is 0 Å². The molecule has 0 spiro atoms. The van der Waals surface area contributed by atoms with Crippen LogP contribution >= 0.6 is 23.1 Å². The molecule has 0 aromatic carbocycles. The number of carbonyl (C=O) groups excluding carboxylic acids is 1. The maximum absolute atomic E-state index is 11.7. The first kappa shape index (κ1) is 13.2. The summed E-state index contributed by atoms with van der Waals surface area (Å²) in [5, 5.41) is 6.97. The van der Waals surface area contributed by atoms with Gasteiger partial charge in [0.2, 0.25) is 0 Å². The summed E-state index contributed by atoms with van der Waals surface area (Å²) in [5.74, 6) is -0.0931. The van der Waals surface area contributed by atoms with E-state index in [4.69, 9.17) is 5.73 Å². The Labute approximate surface area is 104 Å². The Morgan fingerprint density at radius 2 is 2.12 bits per heavy atom. The van der Waals surface area contributed by atoms with Crippen LogP contribution in [-0.2, 0) is 0 Å². The van der Waals surface area contributed by atoms with Crippen LogP contribution in [0.1, 0.15) is 23.5 Å². The van der Waals surface area contributed by atoms with Crippen molar-refractivity contribution >= 4 is 39.7 Å². The van der Waals surface area contributed by atoms with E-state index in [0.717, 1.165) is 16.4 Å². The molecule has 0 aliphatic rings. The van der Waals surface area contributed by atoms with Crippen LogP contribution in [0.4, 0.5) is 10.7 Å². The Kier molecular flexibility index (Phi) is 4.95. The highest BCUT2D eigenvalue weighted by molar-refractivity contribution is 7.99. The maximum atomic E-state index is 11.7. The van der Waals surface area contributed by atoms with E-state index in [1.165, 1.54) is 11.3 Å². The van der Waals surface area contributed by atoms with Crippen LogP contribution in [0, 0.1) is 0 Å². The highest BCUT2D eigenvalue weighted by atomic mass is 32.2. The van der Waals surface area contributed by atoms with Gasteiger partial charge in [0.25, 0.3) is 5.91 Å². The fraction of sp³-hybridized carbons (Fsp3) is 0.500. The standard InChI is InChI=1S/C10H17N3OS2/c1-4-12-9(14)7-6(11)8(15-3)10(16-7)13-5-2/h13H,4-5,11H2,1-3H3,(H,12,14). The van der Waals surface area contributed by atoms with E-state index in [2.05, 4.69) is 10.6 Å². The van der Waals surface area contributed by atoms with E-state index in [9.17, 15) is 4.79 Å². The number of thiophene rings is 1. The van der Waals surface area contributed by atoms with Gasteiger partial charge in [0, 0.05) is 13.1 Å². The van der Waals surface area contributed by atoms with E-state index in [1.807, 2.05) is 20.1 Å². The summed E-state index contributed by atoms with van der Waals surface area (Å²) >= 11 is 2.98. The molecule has 1 heterocycles. The third-order valence-corrected chi connectivity index (χ3v) is 4.11. The van der Waals surface area contributed by atoms with E-state index in [0.29, 0.717) is 17.1 Å². The van der Waals surface area contributed by atoms with E-state index in [1.54, 1.807) is 11.8 Å². The Hall–Kier alpha value is -0.880. The van der Waals surface area contributed by atoms with Gasteiger partial charge in [-0.15, -0.1) is 23.1 Å². The highest BCUT2D eigenvalue weighted by Gasteiger charge is 2.19. The first-order valence-electron chi connectivity index (χ1n) is 5.13. The molecule has 0 saturated carbocycles. The summed E-state index contributed by atoms with van der Waals surface area (Å²) in [6, 6.07) is 0. The molecule has 0 fully saturated rings. The number of hydrogen-bond acceptors (Lipinski definition) is 5. The SMILES string of the molecule is CCNC(=O)c1sc(NCC)c(SC)c1N. The van der Waals surface area contributed by atoms with Crippen LogP contribution < -0.4 is 16.4 Å². The second kappa shape index (κ2) is 6.00. The number of rotatable bonds is 5. The predicted octanol–water partition coefficient (Wildman–Crippen LogP) is 2.23. The van der Waals surface area contributed by atoms with E-state index >= 15 is 0 Å². The van der Waals surface area contributed by atoms with Crippen molar-refractivity contribution in [1.82, 2.24) is 5.32 Å². The Morgan fingerprint density at radius 3 is 2.62 bits per heavy atom. The molecule has 0 bridgehead atoms. The minimum atomic E-state index is -0.0931. The molecule has 0 aliphatic carbocycles. The molecule has 0 saturated heterocycles. The lowest BCUT2D eigenvalue weighted by Crippen LogP contribution is -2.22. The molecule has 4 nitrogen and oxygen atoms in total. The lowest BCUT2D eigenvalue weighted by Gasteiger charge is -2.02. The molecule has 0 atom stereocenters. The smallest absolute Gasteiger partial charge is 0.263 e. The number of nitrogen functional groups attached to an aromatic ring is 1. The van der Waals surface area contributed by atoms with E-state index < -0.39 is 0 Å². The Morgan fingerprint density at radius 1 is 1.44 bits per heavy atom. The van der Waals surface area contributed by atoms with Gasteiger partial charge < -0.3 is 16.4 Å². The average molecular weight is 259 g/mol. The zero-order valence-corrected chi connectivity index (χ0v) is 11.3. The van der Waals surface area contributed by atoms with Crippen LogP contribution in [-0.4, -0.2) is 25.3 Å². The number of nitrogens with two attached hydrogens (primary N) is 1. The van der Waals surface area contributed by atoms with E-state index in [-0.39, 0.29) is 5.91 Å². The van der Waals surface area contributed by atoms with Gasteiger partial charge in [-0.05, 0) is 20.1 Å². The first-order chi connectivity index (χ1) is 7.65. The summed E-state index contributed by atoms with van der Waals surface area (Å²) in [7, 11) is 0. The van der Waals surface area contributed by atoms with Gasteiger partial charge >= 0.3 is 0 Å². The number of amides is 1. The van der Waals surface area contributed by atoms with Crippen LogP contribution in [0.25, 0.3) is 0 Å². The highest BCUT2D eigenvalue weighted by Crippen LogP contribution is 2.41. The zero-order valence-electron chi connectivity index (χ0n) is 9.72. The molecular weight excluding hydrogens is 242 g/mol. The molecule has 1 aromatic heterocycles. The normalized spacial score (nSPS) is 10.2. The fourth-order valence-corrected chi connectivity index (χ4v) is 3.34. The van der Waals surface area contributed by atoms with Crippen LogP contribution in [0.3, 0.4) is 0 Å². The summed E-state index contributed by atoms with van der Waals surface area (Å²) in [6.45, 7) is 5.35. The molecule has 4 N–H and O–H groups in total.